The highest BCUT2D eigenvalue weighted by molar-refractivity contribution is 6.24. The van der Waals surface area contributed by atoms with E-state index in [1.54, 1.807) is 0 Å². The van der Waals surface area contributed by atoms with E-state index in [0.29, 0.717) is 17.5 Å². The summed E-state index contributed by atoms with van der Waals surface area (Å²) in [6.07, 6.45) is 0. The van der Waals surface area contributed by atoms with Gasteiger partial charge in [0.1, 0.15) is 11.2 Å². The molecular weight excluding hydrogens is 781 g/mol. The number of aromatic nitrogens is 4. The molecule has 0 saturated carbocycles. The third-order valence-corrected chi connectivity index (χ3v) is 12.6. The molecule has 13 rings (SSSR count). The maximum absolute atomic E-state index is 6.79. The van der Waals surface area contributed by atoms with Crippen LogP contribution in [0.4, 0.5) is 0 Å². The van der Waals surface area contributed by atoms with E-state index >= 15 is 0 Å². The number of fused-ring (bicyclic) bond motifs is 9. The van der Waals surface area contributed by atoms with Crippen molar-refractivity contribution in [3.05, 3.63) is 218 Å². The minimum absolute atomic E-state index is 0.584. The van der Waals surface area contributed by atoms with Crippen LogP contribution < -0.4 is 0 Å². The summed E-state index contributed by atoms with van der Waals surface area (Å²) in [7, 11) is 0. The molecular formula is C59H36N4O. The number of hydrogen-bond donors (Lipinski definition) is 0. The summed E-state index contributed by atoms with van der Waals surface area (Å²) < 4.78 is 9.17. The van der Waals surface area contributed by atoms with Crippen LogP contribution in [0.25, 0.3) is 127 Å². The van der Waals surface area contributed by atoms with Crippen LogP contribution >= 0.6 is 0 Å². The first kappa shape index (κ1) is 36.0. The summed E-state index contributed by atoms with van der Waals surface area (Å²) in [5, 5.41) is 9.16. The van der Waals surface area contributed by atoms with Crippen LogP contribution in [0, 0.1) is 0 Å². The van der Waals surface area contributed by atoms with Crippen molar-refractivity contribution < 1.29 is 4.42 Å². The maximum atomic E-state index is 6.79. The van der Waals surface area contributed by atoms with Gasteiger partial charge in [-0.25, -0.2) is 15.0 Å². The molecule has 0 saturated heterocycles. The summed E-state index contributed by atoms with van der Waals surface area (Å²) in [6.45, 7) is 0. The smallest absolute Gasteiger partial charge is 0.164 e. The van der Waals surface area contributed by atoms with E-state index < -0.39 is 0 Å². The third-order valence-electron chi connectivity index (χ3n) is 12.6. The molecule has 64 heavy (non-hydrogen) atoms. The first-order valence-corrected chi connectivity index (χ1v) is 21.6. The van der Waals surface area contributed by atoms with Crippen molar-refractivity contribution in [1.29, 1.82) is 0 Å². The molecule has 0 atom stereocenters. The number of nitrogens with zero attached hydrogens (tertiary/aromatic N) is 4. The van der Waals surface area contributed by atoms with Gasteiger partial charge in [-0.2, -0.15) is 0 Å². The fraction of sp³-hybridized carbons (Fsp3) is 0. The average Bonchev–Trinajstić information content (AvgIpc) is 3.92. The van der Waals surface area contributed by atoms with Crippen LogP contribution in [0.15, 0.2) is 223 Å². The van der Waals surface area contributed by atoms with Gasteiger partial charge in [-0.15, -0.1) is 0 Å². The van der Waals surface area contributed by atoms with Gasteiger partial charge in [-0.05, 0) is 80.2 Å². The van der Waals surface area contributed by atoms with E-state index in [9.17, 15) is 0 Å². The van der Waals surface area contributed by atoms with Crippen molar-refractivity contribution in [1.82, 2.24) is 19.5 Å². The third kappa shape index (κ3) is 5.83. The molecule has 0 fully saturated rings. The van der Waals surface area contributed by atoms with Crippen molar-refractivity contribution in [2.24, 2.45) is 0 Å². The Morgan fingerprint density at radius 1 is 0.312 bits per heavy atom. The summed E-state index contributed by atoms with van der Waals surface area (Å²) in [5.41, 5.74) is 12.3. The Morgan fingerprint density at radius 2 is 0.938 bits per heavy atom. The Kier molecular flexibility index (Phi) is 8.15. The van der Waals surface area contributed by atoms with Gasteiger partial charge in [-0.1, -0.05) is 176 Å². The molecule has 0 bridgehead atoms. The second kappa shape index (κ2) is 14.5. The Hall–Kier alpha value is -8.67. The van der Waals surface area contributed by atoms with Crippen LogP contribution in [0.1, 0.15) is 0 Å². The quantitative estimate of drug-likeness (QED) is 0.168. The zero-order valence-electron chi connectivity index (χ0n) is 34.5. The minimum Gasteiger partial charge on any atom is -0.456 e. The molecule has 3 heterocycles. The number of furan rings is 1. The summed E-state index contributed by atoms with van der Waals surface area (Å²) in [4.78, 5) is 15.6. The lowest BCUT2D eigenvalue weighted by atomic mass is 9.95. The number of para-hydroxylation sites is 1. The Labute approximate surface area is 368 Å². The number of hydrogen-bond acceptors (Lipinski definition) is 4. The molecule has 3 aromatic heterocycles. The standard InChI is InChI=1S/C59H36N4O/c1-3-14-37(15-4-1)39-26-29-41(30-27-39)57-60-58(43-31-28-38-16-7-8-19-42(38)34-43)62-59(61-57)49-23-13-25-53-56(49)48-33-32-44(35-54(48)64-53)63-51-24-12-11-22-47(51)55-46-21-10-9-20-45(46)50(36-52(55)63)40-17-5-2-6-18-40/h1-36H. The monoisotopic (exact) mass is 816 g/mol. The van der Waals surface area contributed by atoms with Gasteiger partial charge in [0.15, 0.2) is 17.5 Å². The van der Waals surface area contributed by atoms with E-state index in [2.05, 4.69) is 205 Å². The van der Waals surface area contributed by atoms with Gasteiger partial charge in [0.2, 0.25) is 0 Å². The molecule has 10 aromatic carbocycles. The van der Waals surface area contributed by atoms with Crippen LogP contribution in [0.2, 0.25) is 0 Å². The van der Waals surface area contributed by atoms with Gasteiger partial charge in [0.05, 0.1) is 11.0 Å². The van der Waals surface area contributed by atoms with Crippen molar-refractivity contribution >= 4 is 65.3 Å². The second-order valence-electron chi connectivity index (χ2n) is 16.4. The predicted molar refractivity (Wildman–Crippen MR) is 264 cm³/mol. The van der Waals surface area contributed by atoms with Crippen molar-refractivity contribution in [2.45, 2.75) is 0 Å². The van der Waals surface area contributed by atoms with E-state index in [1.165, 1.54) is 32.7 Å². The largest absolute Gasteiger partial charge is 0.456 e. The Bertz CT molecular complexity index is 3940. The highest BCUT2D eigenvalue weighted by Gasteiger charge is 2.21. The summed E-state index contributed by atoms with van der Waals surface area (Å²) in [5.74, 6) is 1.80. The second-order valence-corrected chi connectivity index (χ2v) is 16.4. The fourth-order valence-electron chi connectivity index (χ4n) is 9.63. The first-order valence-electron chi connectivity index (χ1n) is 21.6. The van der Waals surface area contributed by atoms with Crippen molar-refractivity contribution in [2.75, 3.05) is 0 Å². The van der Waals surface area contributed by atoms with E-state index in [4.69, 9.17) is 19.4 Å². The fourth-order valence-corrected chi connectivity index (χ4v) is 9.63. The average molecular weight is 817 g/mol. The Morgan fingerprint density at radius 3 is 1.75 bits per heavy atom. The van der Waals surface area contributed by atoms with E-state index in [1.807, 2.05) is 18.2 Å². The van der Waals surface area contributed by atoms with Gasteiger partial charge < -0.3 is 8.98 Å². The lowest BCUT2D eigenvalue weighted by Gasteiger charge is -2.12. The maximum Gasteiger partial charge on any atom is 0.164 e. The lowest BCUT2D eigenvalue weighted by Crippen LogP contribution is -2.00. The molecule has 13 aromatic rings. The van der Waals surface area contributed by atoms with Crippen LogP contribution in [-0.2, 0) is 0 Å². The first-order chi connectivity index (χ1) is 31.7. The zero-order chi connectivity index (χ0) is 42.1. The topological polar surface area (TPSA) is 56.7 Å². The molecule has 298 valence electrons. The zero-order valence-corrected chi connectivity index (χ0v) is 34.5. The van der Waals surface area contributed by atoms with Crippen LogP contribution in [0.5, 0.6) is 0 Å². The van der Waals surface area contributed by atoms with E-state index in [-0.39, 0.29) is 0 Å². The van der Waals surface area contributed by atoms with Gasteiger partial charge in [0.25, 0.3) is 0 Å². The van der Waals surface area contributed by atoms with Crippen LogP contribution in [-0.4, -0.2) is 19.5 Å². The summed E-state index contributed by atoms with van der Waals surface area (Å²) in [6, 6.07) is 76.9. The van der Waals surface area contributed by atoms with Gasteiger partial charge in [-0.3, -0.25) is 0 Å². The van der Waals surface area contributed by atoms with Crippen molar-refractivity contribution in [3.63, 3.8) is 0 Å². The molecule has 0 unspecified atom stereocenters. The Balaban J connectivity index is 0.997. The molecule has 0 aliphatic carbocycles. The lowest BCUT2D eigenvalue weighted by molar-refractivity contribution is 0.668. The minimum atomic E-state index is 0.584. The highest BCUT2D eigenvalue weighted by Crippen LogP contribution is 2.43. The molecule has 5 heteroatoms. The predicted octanol–water partition coefficient (Wildman–Crippen LogP) is 15.5. The molecule has 0 aliphatic rings. The molecule has 0 aliphatic heterocycles. The number of benzene rings is 10. The normalized spacial score (nSPS) is 11.8. The molecule has 0 N–H and O–H groups in total. The molecule has 5 nitrogen and oxygen atoms in total. The molecule has 0 radical (unpaired) electrons. The summed E-state index contributed by atoms with van der Waals surface area (Å²) >= 11 is 0. The SMILES string of the molecule is c1ccc(-c2ccc(-c3nc(-c4ccc5ccccc5c4)nc(-c4cccc5oc6cc(-n7c8ccccc8c8c9ccccc9c(-c9ccccc9)cc87)ccc6c45)n3)cc2)cc1. The van der Waals surface area contributed by atoms with Gasteiger partial charge in [0, 0.05) is 50.0 Å². The molecule has 0 spiro atoms. The highest BCUT2D eigenvalue weighted by atomic mass is 16.3. The van der Waals surface area contributed by atoms with Gasteiger partial charge >= 0.3 is 0 Å². The van der Waals surface area contributed by atoms with E-state index in [0.717, 1.165) is 77.2 Å². The molecule has 0 amide bonds. The van der Waals surface area contributed by atoms with Crippen molar-refractivity contribution in [3.8, 4) is 62.1 Å². The number of rotatable bonds is 6. The van der Waals surface area contributed by atoms with Crippen LogP contribution in [0.3, 0.4) is 0 Å².